The van der Waals surface area contributed by atoms with Gasteiger partial charge in [0, 0.05) is 6.07 Å². The van der Waals surface area contributed by atoms with E-state index in [1.54, 1.807) is 0 Å². The molecule has 0 aliphatic carbocycles. The Morgan fingerprint density at radius 2 is 2.31 bits per heavy atom. The number of carbonyl (C=O) groups excluding carboxylic acids is 3. The molecule has 7 nitrogen and oxygen atoms in total. The average Bonchev–Trinajstić information content (AvgIpc) is 2.83. The largest absolute Gasteiger partial charge is 0.464 e. The highest BCUT2D eigenvalue weighted by molar-refractivity contribution is 6.14. The standard InChI is InChI=1S/C9H9N3O4/c1-16-9(15)6-3-7(11-10-6)12-4-5(13)2-8(12)14/h3H,2,4H2,1H3,(H,10,11). The van der Waals surface area contributed by atoms with Gasteiger partial charge in [-0.15, -0.1) is 0 Å². The van der Waals surface area contributed by atoms with Crippen molar-refractivity contribution in [3.05, 3.63) is 11.8 Å². The molecule has 0 unspecified atom stereocenters. The van der Waals surface area contributed by atoms with Gasteiger partial charge in [0.1, 0.15) is 5.69 Å². The molecule has 7 heteroatoms. The molecule has 16 heavy (non-hydrogen) atoms. The first-order valence-electron chi connectivity index (χ1n) is 4.57. The number of methoxy groups -OCH3 is 1. The van der Waals surface area contributed by atoms with E-state index in [1.807, 2.05) is 0 Å². The fourth-order valence-corrected chi connectivity index (χ4v) is 1.46. The number of anilines is 1. The first kappa shape index (κ1) is 10.3. The minimum Gasteiger partial charge on any atom is -0.464 e. The van der Waals surface area contributed by atoms with Crippen LogP contribution in [0.4, 0.5) is 5.82 Å². The first-order valence-corrected chi connectivity index (χ1v) is 4.57. The molecule has 0 spiro atoms. The molecular formula is C9H9N3O4. The van der Waals surface area contributed by atoms with Gasteiger partial charge in [0.2, 0.25) is 5.91 Å². The highest BCUT2D eigenvalue weighted by Crippen LogP contribution is 2.18. The molecule has 1 fully saturated rings. The molecule has 84 valence electrons. The van der Waals surface area contributed by atoms with Crippen molar-refractivity contribution in [2.45, 2.75) is 6.42 Å². The van der Waals surface area contributed by atoms with Crippen molar-refractivity contribution in [1.29, 1.82) is 0 Å². The van der Waals surface area contributed by atoms with Gasteiger partial charge in [-0.1, -0.05) is 0 Å². The molecule has 1 N–H and O–H groups in total. The van der Waals surface area contributed by atoms with Gasteiger partial charge in [-0.25, -0.2) is 4.79 Å². The Kier molecular flexibility index (Phi) is 2.43. The van der Waals surface area contributed by atoms with Crippen molar-refractivity contribution in [2.75, 3.05) is 18.6 Å². The number of Topliss-reactive ketones (excluding diaryl/α,β-unsaturated/α-hetero) is 1. The smallest absolute Gasteiger partial charge is 0.356 e. The van der Waals surface area contributed by atoms with Crippen LogP contribution in [0.25, 0.3) is 0 Å². The van der Waals surface area contributed by atoms with Gasteiger partial charge >= 0.3 is 5.97 Å². The summed E-state index contributed by atoms with van der Waals surface area (Å²) in [7, 11) is 1.24. The van der Waals surface area contributed by atoms with Crippen LogP contribution in [0, 0.1) is 0 Å². The third-order valence-electron chi connectivity index (χ3n) is 2.23. The SMILES string of the molecule is COC(=O)c1cc(N2CC(=O)CC2=O)n[nH]1. The van der Waals surface area contributed by atoms with Crippen molar-refractivity contribution in [3.8, 4) is 0 Å². The lowest BCUT2D eigenvalue weighted by Crippen LogP contribution is -2.24. The van der Waals surface area contributed by atoms with Crippen LogP contribution in [0.3, 0.4) is 0 Å². The molecule has 2 heterocycles. The minimum absolute atomic E-state index is 0.00427. The summed E-state index contributed by atoms with van der Waals surface area (Å²) in [6.45, 7) is 0.00427. The van der Waals surface area contributed by atoms with Crippen molar-refractivity contribution in [1.82, 2.24) is 10.2 Å². The van der Waals surface area contributed by atoms with E-state index in [1.165, 1.54) is 18.1 Å². The van der Waals surface area contributed by atoms with Gasteiger partial charge in [0.15, 0.2) is 11.6 Å². The number of esters is 1. The predicted molar refractivity (Wildman–Crippen MR) is 51.9 cm³/mol. The van der Waals surface area contributed by atoms with Gasteiger partial charge < -0.3 is 4.74 Å². The summed E-state index contributed by atoms with van der Waals surface area (Å²) in [5.41, 5.74) is 0.143. The quantitative estimate of drug-likeness (QED) is 0.539. The molecule has 0 saturated carbocycles. The van der Waals surface area contributed by atoms with E-state index in [9.17, 15) is 14.4 Å². The molecule has 0 bridgehead atoms. The van der Waals surface area contributed by atoms with E-state index < -0.39 is 5.97 Å². The van der Waals surface area contributed by atoms with E-state index in [4.69, 9.17) is 0 Å². The zero-order chi connectivity index (χ0) is 11.7. The van der Waals surface area contributed by atoms with Crippen LogP contribution in [0.2, 0.25) is 0 Å². The maximum atomic E-state index is 11.4. The second-order valence-electron chi connectivity index (χ2n) is 3.33. The van der Waals surface area contributed by atoms with Gasteiger partial charge in [-0.3, -0.25) is 19.6 Å². The third-order valence-corrected chi connectivity index (χ3v) is 2.23. The highest BCUT2D eigenvalue weighted by atomic mass is 16.5. The second-order valence-corrected chi connectivity index (χ2v) is 3.33. The molecule has 2 rings (SSSR count). The van der Waals surface area contributed by atoms with E-state index in [-0.39, 0.29) is 36.2 Å². The highest BCUT2D eigenvalue weighted by Gasteiger charge is 2.30. The van der Waals surface area contributed by atoms with Crippen LogP contribution in [0.5, 0.6) is 0 Å². The zero-order valence-electron chi connectivity index (χ0n) is 8.52. The zero-order valence-corrected chi connectivity index (χ0v) is 8.52. The summed E-state index contributed by atoms with van der Waals surface area (Å²) in [6, 6.07) is 1.38. The average molecular weight is 223 g/mol. The number of H-pyrrole nitrogens is 1. The number of aromatic amines is 1. The second kappa shape index (κ2) is 3.76. The molecule has 1 aliphatic heterocycles. The normalized spacial score (nSPS) is 15.7. The molecule has 0 aromatic carbocycles. The number of aromatic nitrogens is 2. The van der Waals surface area contributed by atoms with Crippen molar-refractivity contribution < 1.29 is 19.1 Å². The topological polar surface area (TPSA) is 92.4 Å². The number of carbonyl (C=O) groups is 3. The fourth-order valence-electron chi connectivity index (χ4n) is 1.46. The summed E-state index contributed by atoms with van der Waals surface area (Å²) in [5.74, 6) is -0.784. The third kappa shape index (κ3) is 1.67. The molecule has 1 aromatic heterocycles. The Hall–Kier alpha value is -2.18. The van der Waals surface area contributed by atoms with E-state index in [0.29, 0.717) is 0 Å². The number of hydrogen-bond donors (Lipinski definition) is 1. The maximum absolute atomic E-state index is 11.4. The summed E-state index contributed by atoms with van der Waals surface area (Å²) in [4.78, 5) is 34.8. The van der Waals surface area contributed by atoms with Crippen LogP contribution in [-0.2, 0) is 14.3 Å². The lowest BCUT2D eigenvalue weighted by atomic mass is 10.3. The van der Waals surface area contributed by atoms with E-state index in [2.05, 4.69) is 14.9 Å². The van der Waals surface area contributed by atoms with Crippen LogP contribution >= 0.6 is 0 Å². The van der Waals surface area contributed by atoms with Crippen molar-refractivity contribution in [2.24, 2.45) is 0 Å². The van der Waals surface area contributed by atoms with Crippen LogP contribution in [0.15, 0.2) is 6.07 Å². The number of amides is 1. The van der Waals surface area contributed by atoms with Gasteiger partial charge in [0.05, 0.1) is 20.1 Å². The van der Waals surface area contributed by atoms with E-state index in [0.717, 1.165) is 0 Å². The van der Waals surface area contributed by atoms with Crippen LogP contribution < -0.4 is 4.90 Å². The lowest BCUT2D eigenvalue weighted by Gasteiger charge is -2.09. The fraction of sp³-hybridized carbons (Fsp3) is 0.333. The number of ketones is 1. The number of nitrogens with zero attached hydrogens (tertiary/aromatic N) is 2. The molecule has 1 amide bonds. The van der Waals surface area contributed by atoms with Gasteiger partial charge in [-0.05, 0) is 0 Å². The molecule has 0 radical (unpaired) electrons. The lowest BCUT2D eigenvalue weighted by molar-refractivity contribution is -0.121. The number of nitrogens with one attached hydrogen (secondary N) is 1. The molecule has 1 aromatic rings. The maximum Gasteiger partial charge on any atom is 0.356 e. The summed E-state index contributed by atoms with van der Waals surface area (Å²) in [5, 5.41) is 6.22. The van der Waals surface area contributed by atoms with Crippen LogP contribution in [0.1, 0.15) is 16.9 Å². The van der Waals surface area contributed by atoms with Crippen molar-refractivity contribution >= 4 is 23.5 Å². The Bertz CT molecular complexity index is 465. The molecular weight excluding hydrogens is 214 g/mol. The number of ether oxygens (including phenoxy) is 1. The summed E-state index contributed by atoms with van der Waals surface area (Å²) < 4.78 is 4.48. The summed E-state index contributed by atoms with van der Waals surface area (Å²) >= 11 is 0. The number of rotatable bonds is 2. The Morgan fingerprint density at radius 3 is 2.88 bits per heavy atom. The molecule has 0 atom stereocenters. The monoisotopic (exact) mass is 223 g/mol. The van der Waals surface area contributed by atoms with Gasteiger partial charge in [-0.2, -0.15) is 5.10 Å². The molecule has 1 aliphatic rings. The van der Waals surface area contributed by atoms with Crippen molar-refractivity contribution in [3.63, 3.8) is 0 Å². The van der Waals surface area contributed by atoms with Crippen LogP contribution in [-0.4, -0.2) is 41.5 Å². The Morgan fingerprint density at radius 1 is 1.56 bits per heavy atom. The first-order chi connectivity index (χ1) is 7.61. The minimum atomic E-state index is -0.572. The van der Waals surface area contributed by atoms with Gasteiger partial charge in [0.25, 0.3) is 0 Å². The Labute approximate surface area is 90.4 Å². The number of hydrogen-bond acceptors (Lipinski definition) is 5. The molecule has 1 saturated heterocycles. The Balaban J connectivity index is 2.22. The summed E-state index contributed by atoms with van der Waals surface area (Å²) in [6.07, 6.45) is -0.111. The predicted octanol–water partition coefficient (Wildman–Crippen LogP) is -0.498. The van der Waals surface area contributed by atoms with E-state index >= 15 is 0 Å².